The van der Waals surface area contributed by atoms with Gasteiger partial charge in [0.15, 0.2) is 0 Å². The zero-order valence-electron chi connectivity index (χ0n) is 12.9. The Morgan fingerprint density at radius 2 is 1.65 bits per heavy atom. The van der Waals surface area contributed by atoms with E-state index in [1.54, 1.807) is 4.90 Å². The van der Waals surface area contributed by atoms with E-state index in [1.807, 2.05) is 58.9 Å². The highest BCUT2D eigenvalue weighted by molar-refractivity contribution is 6.35. The molecule has 1 rings (SSSR count). The summed E-state index contributed by atoms with van der Waals surface area (Å²) in [5, 5.41) is 2.70. The predicted octanol–water partition coefficient (Wildman–Crippen LogP) is 2.26. The van der Waals surface area contributed by atoms with Crippen LogP contribution in [0.2, 0.25) is 0 Å². The topological polar surface area (TPSA) is 49.4 Å². The second-order valence-corrected chi connectivity index (χ2v) is 5.51. The molecule has 0 heterocycles. The number of carbonyl (C=O) groups excluding carboxylic acids is 2. The van der Waals surface area contributed by atoms with E-state index in [-0.39, 0.29) is 12.1 Å². The van der Waals surface area contributed by atoms with Crippen LogP contribution in [0, 0.1) is 6.92 Å². The molecular formula is C16H24N2O2. The molecule has 4 heteroatoms. The van der Waals surface area contributed by atoms with Crippen molar-refractivity contribution in [2.45, 2.75) is 53.2 Å². The molecule has 110 valence electrons. The Labute approximate surface area is 121 Å². The van der Waals surface area contributed by atoms with E-state index in [9.17, 15) is 9.59 Å². The highest BCUT2D eigenvalue weighted by Gasteiger charge is 2.26. The average molecular weight is 276 g/mol. The standard InChI is InChI=1S/C16H24N2O2/c1-11(2)18(12(3)4)16(20)15(19)17-10-14-9-7-6-8-13(14)5/h6-9,11-12H,10H2,1-5H3,(H,17,19). The lowest BCUT2D eigenvalue weighted by Crippen LogP contribution is -2.49. The number of rotatable bonds is 4. The number of hydrogen-bond acceptors (Lipinski definition) is 2. The molecule has 0 fully saturated rings. The Bertz CT molecular complexity index is 473. The van der Waals surface area contributed by atoms with Gasteiger partial charge in [-0.1, -0.05) is 24.3 Å². The highest BCUT2D eigenvalue weighted by atomic mass is 16.2. The Hall–Kier alpha value is -1.84. The van der Waals surface area contributed by atoms with E-state index in [2.05, 4.69) is 5.32 Å². The van der Waals surface area contributed by atoms with Gasteiger partial charge >= 0.3 is 11.8 Å². The van der Waals surface area contributed by atoms with Crippen molar-refractivity contribution < 1.29 is 9.59 Å². The summed E-state index contributed by atoms with van der Waals surface area (Å²) in [5.74, 6) is -1.01. The van der Waals surface area contributed by atoms with Crippen LogP contribution in [0.25, 0.3) is 0 Å². The number of amides is 2. The minimum absolute atomic E-state index is 0.00621. The van der Waals surface area contributed by atoms with Crippen molar-refractivity contribution in [2.24, 2.45) is 0 Å². The molecule has 20 heavy (non-hydrogen) atoms. The first-order valence-electron chi connectivity index (χ1n) is 6.99. The van der Waals surface area contributed by atoms with Gasteiger partial charge in [0.1, 0.15) is 0 Å². The molecular weight excluding hydrogens is 252 g/mol. The van der Waals surface area contributed by atoms with Gasteiger partial charge in [-0.05, 0) is 45.7 Å². The minimum atomic E-state index is -0.546. The maximum absolute atomic E-state index is 12.1. The fourth-order valence-corrected chi connectivity index (χ4v) is 2.24. The molecule has 1 N–H and O–H groups in total. The molecule has 0 spiro atoms. The Kier molecular flexibility index (Phi) is 5.74. The molecule has 0 aliphatic carbocycles. The first-order valence-corrected chi connectivity index (χ1v) is 6.99. The summed E-state index contributed by atoms with van der Waals surface area (Å²) in [4.78, 5) is 25.7. The van der Waals surface area contributed by atoms with Crippen molar-refractivity contribution in [1.82, 2.24) is 10.2 Å². The molecule has 0 bridgehead atoms. The number of aryl methyl sites for hydroxylation is 1. The highest BCUT2D eigenvalue weighted by Crippen LogP contribution is 2.08. The summed E-state index contributed by atoms with van der Waals surface area (Å²) in [6.07, 6.45) is 0. The quantitative estimate of drug-likeness (QED) is 0.858. The van der Waals surface area contributed by atoms with Gasteiger partial charge in [0.05, 0.1) is 0 Å². The first-order chi connectivity index (χ1) is 9.34. The van der Waals surface area contributed by atoms with E-state index in [0.29, 0.717) is 6.54 Å². The van der Waals surface area contributed by atoms with Gasteiger partial charge in [-0.25, -0.2) is 0 Å². The molecule has 0 radical (unpaired) electrons. The molecule has 0 unspecified atom stereocenters. The average Bonchev–Trinajstić information content (AvgIpc) is 2.36. The molecule has 0 saturated heterocycles. The van der Waals surface area contributed by atoms with Gasteiger partial charge in [-0.3, -0.25) is 9.59 Å². The third-order valence-electron chi connectivity index (χ3n) is 3.24. The largest absolute Gasteiger partial charge is 0.344 e. The Balaban J connectivity index is 2.67. The lowest BCUT2D eigenvalue weighted by atomic mass is 10.1. The second kappa shape index (κ2) is 7.08. The summed E-state index contributed by atoms with van der Waals surface area (Å²) in [6.45, 7) is 10.00. The molecule has 2 amide bonds. The summed E-state index contributed by atoms with van der Waals surface area (Å²) < 4.78 is 0. The van der Waals surface area contributed by atoms with E-state index in [0.717, 1.165) is 11.1 Å². The summed E-state index contributed by atoms with van der Waals surface area (Å²) in [6, 6.07) is 7.81. The third-order valence-corrected chi connectivity index (χ3v) is 3.24. The van der Waals surface area contributed by atoms with Gasteiger partial charge < -0.3 is 10.2 Å². The first kappa shape index (κ1) is 16.2. The van der Waals surface area contributed by atoms with Gasteiger partial charge in [0.25, 0.3) is 0 Å². The molecule has 4 nitrogen and oxygen atoms in total. The van der Waals surface area contributed by atoms with E-state index < -0.39 is 11.8 Å². The summed E-state index contributed by atoms with van der Waals surface area (Å²) >= 11 is 0. The molecule has 0 aliphatic heterocycles. The maximum atomic E-state index is 12.1. The van der Waals surface area contributed by atoms with Crippen molar-refractivity contribution in [1.29, 1.82) is 0 Å². The fourth-order valence-electron chi connectivity index (χ4n) is 2.24. The van der Waals surface area contributed by atoms with E-state index >= 15 is 0 Å². The fraction of sp³-hybridized carbons (Fsp3) is 0.500. The monoisotopic (exact) mass is 276 g/mol. The van der Waals surface area contributed by atoms with E-state index in [1.165, 1.54) is 0 Å². The van der Waals surface area contributed by atoms with Crippen LogP contribution in [-0.2, 0) is 16.1 Å². The molecule has 0 saturated carbocycles. The zero-order chi connectivity index (χ0) is 15.3. The van der Waals surface area contributed by atoms with Crippen LogP contribution in [-0.4, -0.2) is 28.8 Å². The van der Waals surface area contributed by atoms with Gasteiger partial charge in [-0.2, -0.15) is 0 Å². The molecule has 1 aromatic rings. The number of benzene rings is 1. The van der Waals surface area contributed by atoms with Crippen molar-refractivity contribution in [3.63, 3.8) is 0 Å². The van der Waals surface area contributed by atoms with Gasteiger partial charge in [-0.15, -0.1) is 0 Å². The third kappa shape index (κ3) is 4.08. The molecule has 0 aliphatic rings. The molecule has 0 atom stereocenters. The molecule has 0 aromatic heterocycles. The van der Waals surface area contributed by atoms with Crippen LogP contribution in [0.5, 0.6) is 0 Å². The van der Waals surface area contributed by atoms with Crippen molar-refractivity contribution in [2.75, 3.05) is 0 Å². The van der Waals surface area contributed by atoms with Crippen LogP contribution in [0.1, 0.15) is 38.8 Å². The normalized spacial score (nSPS) is 10.8. The van der Waals surface area contributed by atoms with Gasteiger partial charge in [0, 0.05) is 18.6 Å². The predicted molar refractivity (Wildman–Crippen MR) is 80.1 cm³/mol. The van der Waals surface area contributed by atoms with Crippen LogP contribution in [0.3, 0.4) is 0 Å². The Morgan fingerprint density at radius 1 is 1.10 bits per heavy atom. The van der Waals surface area contributed by atoms with Crippen molar-refractivity contribution >= 4 is 11.8 Å². The van der Waals surface area contributed by atoms with Crippen LogP contribution in [0.15, 0.2) is 24.3 Å². The zero-order valence-corrected chi connectivity index (χ0v) is 12.9. The number of hydrogen-bond donors (Lipinski definition) is 1. The summed E-state index contributed by atoms with van der Waals surface area (Å²) in [5.41, 5.74) is 2.12. The van der Waals surface area contributed by atoms with Crippen LogP contribution in [0.4, 0.5) is 0 Å². The lowest BCUT2D eigenvalue weighted by Gasteiger charge is -2.30. The number of nitrogens with one attached hydrogen (secondary N) is 1. The Morgan fingerprint density at radius 3 is 2.15 bits per heavy atom. The van der Waals surface area contributed by atoms with Crippen LogP contribution < -0.4 is 5.32 Å². The maximum Gasteiger partial charge on any atom is 0.312 e. The van der Waals surface area contributed by atoms with Crippen LogP contribution >= 0.6 is 0 Å². The van der Waals surface area contributed by atoms with Crippen molar-refractivity contribution in [3.8, 4) is 0 Å². The smallest absolute Gasteiger partial charge is 0.312 e. The lowest BCUT2D eigenvalue weighted by molar-refractivity contribution is -0.148. The SMILES string of the molecule is Cc1ccccc1CNC(=O)C(=O)N(C(C)C)C(C)C. The second-order valence-electron chi connectivity index (χ2n) is 5.51. The van der Waals surface area contributed by atoms with Gasteiger partial charge in [0.2, 0.25) is 0 Å². The van der Waals surface area contributed by atoms with Crippen molar-refractivity contribution in [3.05, 3.63) is 35.4 Å². The number of carbonyl (C=O) groups is 2. The summed E-state index contributed by atoms with van der Waals surface area (Å²) in [7, 11) is 0. The van der Waals surface area contributed by atoms with E-state index in [4.69, 9.17) is 0 Å². The molecule has 1 aromatic carbocycles. The minimum Gasteiger partial charge on any atom is -0.344 e. The number of nitrogens with zero attached hydrogens (tertiary/aromatic N) is 1.